The van der Waals surface area contributed by atoms with Crippen LogP contribution in [0.15, 0.2) is 17.1 Å². The van der Waals surface area contributed by atoms with Crippen LogP contribution in [-0.2, 0) is 0 Å². The zero-order valence-corrected chi connectivity index (χ0v) is 6.04. The van der Waals surface area contributed by atoms with E-state index in [1.165, 1.54) is 12.7 Å². The molecule has 0 saturated heterocycles. The molecule has 1 rings (SSSR count). The first-order valence-corrected chi connectivity index (χ1v) is 3.44. The topological polar surface area (TPSA) is 35.3 Å². The summed E-state index contributed by atoms with van der Waals surface area (Å²) in [5, 5.41) is 0. The molecule has 0 radical (unpaired) electrons. The predicted octanol–water partition coefficient (Wildman–Crippen LogP) is 1.85. The van der Waals surface area contributed by atoms with E-state index in [1.807, 2.05) is 0 Å². The van der Waals surface area contributed by atoms with Crippen molar-refractivity contribution in [3.05, 3.63) is 12.7 Å². The van der Waals surface area contributed by atoms with Crippen LogP contribution in [0.3, 0.4) is 0 Å². The lowest BCUT2D eigenvalue weighted by molar-refractivity contribution is 0.297. The summed E-state index contributed by atoms with van der Waals surface area (Å²) < 4.78 is 9.89. The molecule has 0 spiro atoms. The summed E-state index contributed by atoms with van der Waals surface area (Å²) in [6, 6.07) is 0. The molecule has 0 atom stereocenters. The van der Waals surface area contributed by atoms with Crippen molar-refractivity contribution in [1.29, 1.82) is 0 Å². The minimum atomic E-state index is 0.577. The summed E-state index contributed by atoms with van der Waals surface area (Å²) in [6.45, 7) is 2.84. The molecule has 3 heteroatoms. The number of hydrogen-bond acceptors (Lipinski definition) is 3. The van der Waals surface area contributed by atoms with Crippen molar-refractivity contribution in [3.63, 3.8) is 0 Å². The predicted molar refractivity (Wildman–Crippen MR) is 36.9 cm³/mol. The zero-order chi connectivity index (χ0) is 7.23. The number of rotatable bonds is 4. The van der Waals surface area contributed by atoms with Gasteiger partial charge >= 0.3 is 0 Å². The van der Waals surface area contributed by atoms with Crippen LogP contribution in [0.2, 0.25) is 0 Å². The summed E-state index contributed by atoms with van der Waals surface area (Å²) in [5.74, 6) is 0.577. The van der Waals surface area contributed by atoms with Gasteiger partial charge in [-0.05, 0) is 6.42 Å². The molecule has 0 aliphatic heterocycles. The van der Waals surface area contributed by atoms with Gasteiger partial charge in [0.25, 0.3) is 5.88 Å². The van der Waals surface area contributed by atoms with Crippen molar-refractivity contribution in [1.82, 2.24) is 4.98 Å². The summed E-state index contributed by atoms with van der Waals surface area (Å²) in [6.07, 6.45) is 5.06. The number of oxazole rings is 1. The largest absolute Gasteiger partial charge is 0.475 e. The Bertz CT molecular complexity index is 160. The van der Waals surface area contributed by atoms with Crippen LogP contribution in [0.1, 0.15) is 19.8 Å². The number of aromatic nitrogens is 1. The highest BCUT2D eigenvalue weighted by Gasteiger charge is 1.93. The van der Waals surface area contributed by atoms with Gasteiger partial charge in [0.15, 0.2) is 12.7 Å². The van der Waals surface area contributed by atoms with Crippen LogP contribution in [0, 0.1) is 0 Å². The van der Waals surface area contributed by atoms with E-state index in [0.29, 0.717) is 5.88 Å². The molecule has 0 aliphatic carbocycles. The Labute approximate surface area is 60.0 Å². The minimum absolute atomic E-state index is 0.577. The molecule has 0 bridgehead atoms. The molecule has 1 aromatic heterocycles. The highest BCUT2D eigenvalue weighted by Crippen LogP contribution is 2.04. The van der Waals surface area contributed by atoms with Crippen LogP contribution in [0.25, 0.3) is 0 Å². The molecule has 0 aromatic carbocycles. The molecule has 56 valence electrons. The van der Waals surface area contributed by atoms with E-state index in [1.54, 1.807) is 0 Å². The van der Waals surface area contributed by atoms with E-state index < -0.39 is 0 Å². The second kappa shape index (κ2) is 3.93. The van der Waals surface area contributed by atoms with Gasteiger partial charge in [-0.15, -0.1) is 0 Å². The van der Waals surface area contributed by atoms with Gasteiger partial charge in [-0.25, -0.2) is 0 Å². The maximum Gasteiger partial charge on any atom is 0.252 e. The Balaban J connectivity index is 2.15. The Morgan fingerprint density at radius 3 is 3.20 bits per heavy atom. The van der Waals surface area contributed by atoms with Gasteiger partial charge in [0.05, 0.1) is 6.61 Å². The van der Waals surface area contributed by atoms with Crippen LogP contribution in [0.4, 0.5) is 0 Å². The van der Waals surface area contributed by atoms with E-state index in [9.17, 15) is 0 Å². The van der Waals surface area contributed by atoms with E-state index in [4.69, 9.17) is 9.15 Å². The molecule has 0 saturated carbocycles. The van der Waals surface area contributed by atoms with E-state index in [-0.39, 0.29) is 0 Å². The normalized spacial score (nSPS) is 9.70. The van der Waals surface area contributed by atoms with Crippen molar-refractivity contribution < 1.29 is 9.15 Å². The van der Waals surface area contributed by atoms with Gasteiger partial charge in [0.2, 0.25) is 0 Å². The molecule has 0 N–H and O–H groups in total. The smallest absolute Gasteiger partial charge is 0.252 e. The van der Waals surface area contributed by atoms with E-state index in [2.05, 4.69) is 11.9 Å². The second-order valence-electron chi connectivity index (χ2n) is 2.03. The Morgan fingerprint density at radius 2 is 2.60 bits per heavy atom. The molecule has 0 amide bonds. The number of ether oxygens (including phenoxy) is 1. The lowest BCUT2D eigenvalue weighted by atomic mass is 10.4. The third kappa shape index (κ3) is 2.09. The molecule has 1 heterocycles. The molecule has 0 fully saturated rings. The maximum atomic E-state index is 5.18. The molecule has 10 heavy (non-hydrogen) atoms. The fraction of sp³-hybridized carbons (Fsp3) is 0.571. The van der Waals surface area contributed by atoms with E-state index >= 15 is 0 Å². The number of hydrogen-bond donors (Lipinski definition) is 0. The van der Waals surface area contributed by atoms with Gasteiger partial charge in [-0.3, -0.25) is 0 Å². The second-order valence-corrected chi connectivity index (χ2v) is 2.03. The first-order valence-electron chi connectivity index (χ1n) is 3.44. The van der Waals surface area contributed by atoms with E-state index in [0.717, 1.165) is 19.4 Å². The minimum Gasteiger partial charge on any atom is -0.475 e. The van der Waals surface area contributed by atoms with Gasteiger partial charge < -0.3 is 9.15 Å². The van der Waals surface area contributed by atoms with Gasteiger partial charge in [0, 0.05) is 0 Å². The van der Waals surface area contributed by atoms with Crippen LogP contribution >= 0.6 is 0 Å². The third-order valence-corrected chi connectivity index (χ3v) is 1.16. The monoisotopic (exact) mass is 141 g/mol. The number of nitrogens with zero attached hydrogens (tertiary/aromatic N) is 1. The van der Waals surface area contributed by atoms with Crippen molar-refractivity contribution >= 4 is 0 Å². The molecular weight excluding hydrogens is 130 g/mol. The quantitative estimate of drug-likeness (QED) is 0.600. The summed E-state index contributed by atoms with van der Waals surface area (Å²) >= 11 is 0. The van der Waals surface area contributed by atoms with Crippen LogP contribution in [-0.4, -0.2) is 11.6 Å². The third-order valence-electron chi connectivity index (χ3n) is 1.16. The summed E-state index contributed by atoms with van der Waals surface area (Å²) in [5.41, 5.74) is 0. The molecular formula is C7H11NO2. The van der Waals surface area contributed by atoms with Gasteiger partial charge in [0.1, 0.15) is 0 Å². The first kappa shape index (κ1) is 7.12. The fourth-order valence-electron chi connectivity index (χ4n) is 0.594. The van der Waals surface area contributed by atoms with Gasteiger partial charge in [-0.2, -0.15) is 4.98 Å². The van der Waals surface area contributed by atoms with Crippen molar-refractivity contribution in [2.24, 2.45) is 0 Å². The highest BCUT2D eigenvalue weighted by atomic mass is 16.5. The Morgan fingerprint density at radius 1 is 1.70 bits per heavy atom. The SMILES string of the molecule is CCCCOc1cocn1. The summed E-state index contributed by atoms with van der Waals surface area (Å²) in [7, 11) is 0. The molecule has 0 aliphatic rings. The maximum absolute atomic E-state index is 5.18. The lowest BCUT2D eigenvalue weighted by Crippen LogP contribution is -1.95. The van der Waals surface area contributed by atoms with Crippen LogP contribution in [0.5, 0.6) is 5.88 Å². The first-order chi connectivity index (χ1) is 4.93. The highest BCUT2D eigenvalue weighted by molar-refractivity contribution is 4.97. The molecule has 3 nitrogen and oxygen atoms in total. The zero-order valence-electron chi connectivity index (χ0n) is 6.04. The average molecular weight is 141 g/mol. The lowest BCUT2D eigenvalue weighted by Gasteiger charge is -1.97. The molecule has 0 unspecified atom stereocenters. The van der Waals surface area contributed by atoms with Crippen LogP contribution < -0.4 is 4.74 Å². The fourth-order valence-corrected chi connectivity index (χ4v) is 0.594. The standard InChI is InChI=1S/C7H11NO2/c1-2-3-4-10-7-5-9-6-8-7/h5-6H,2-4H2,1H3. The number of unbranched alkanes of at least 4 members (excludes halogenated alkanes) is 1. The van der Waals surface area contributed by atoms with Gasteiger partial charge in [-0.1, -0.05) is 13.3 Å². The van der Waals surface area contributed by atoms with Crippen molar-refractivity contribution in [2.45, 2.75) is 19.8 Å². The summed E-state index contributed by atoms with van der Waals surface area (Å²) in [4.78, 5) is 3.80. The van der Waals surface area contributed by atoms with Crippen molar-refractivity contribution in [2.75, 3.05) is 6.61 Å². The van der Waals surface area contributed by atoms with Crippen molar-refractivity contribution in [3.8, 4) is 5.88 Å². The molecule has 1 aromatic rings. The average Bonchev–Trinajstić information content (AvgIpc) is 2.41. The Kier molecular flexibility index (Phi) is 2.80. The Hall–Kier alpha value is -0.990.